The molecule has 0 bridgehead atoms. The summed E-state index contributed by atoms with van der Waals surface area (Å²) in [4.78, 5) is 10.9. The van der Waals surface area contributed by atoms with Crippen LogP contribution in [0.15, 0.2) is 0 Å². The molecule has 2 N–H and O–H groups in total. The van der Waals surface area contributed by atoms with Crippen LogP contribution in [0, 0.1) is 46.3 Å². The molecule has 4 aliphatic rings. The fraction of sp³-hybridized carbons (Fsp3) is 0.958. The molecule has 4 nitrogen and oxygen atoms in total. The van der Waals surface area contributed by atoms with Gasteiger partial charge in [0.05, 0.1) is 12.2 Å². The van der Waals surface area contributed by atoms with Gasteiger partial charge in [0.2, 0.25) is 0 Å². The van der Waals surface area contributed by atoms with E-state index < -0.39 is 5.97 Å². The van der Waals surface area contributed by atoms with Crippen molar-refractivity contribution >= 4 is 5.97 Å². The quantitative estimate of drug-likeness (QED) is 0.771. The molecular formula is C24H39O4-. The van der Waals surface area contributed by atoms with Crippen LogP contribution < -0.4 is 5.11 Å². The molecule has 160 valence electrons. The van der Waals surface area contributed by atoms with E-state index >= 15 is 0 Å². The molecule has 0 aliphatic heterocycles. The van der Waals surface area contributed by atoms with Crippen molar-refractivity contribution in [1.29, 1.82) is 0 Å². The summed E-state index contributed by atoms with van der Waals surface area (Å²) in [5, 5.41) is 32.4. The van der Waals surface area contributed by atoms with Gasteiger partial charge in [0.1, 0.15) is 0 Å². The van der Waals surface area contributed by atoms with Gasteiger partial charge in [0, 0.05) is 5.97 Å². The molecule has 4 fully saturated rings. The van der Waals surface area contributed by atoms with Crippen LogP contribution in [-0.2, 0) is 4.79 Å². The van der Waals surface area contributed by atoms with Crippen LogP contribution in [0.3, 0.4) is 0 Å². The summed E-state index contributed by atoms with van der Waals surface area (Å²) in [5.74, 6) is 1.99. The van der Waals surface area contributed by atoms with Gasteiger partial charge in [-0.3, -0.25) is 0 Å². The smallest absolute Gasteiger partial charge is 0.0577 e. The second kappa shape index (κ2) is 7.27. The van der Waals surface area contributed by atoms with Gasteiger partial charge < -0.3 is 20.1 Å². The summed E-state index contributed by atoms with van der Waals surface area (Å²) in [6.45, 7) is 7.11. The Hall–Kier alpha value is -0.610. The highest BCUT2D eigenvalue weighted by molar-refractivity contribution is 5.64. The van der Waals surface area contributed by atoms with Crippen LogP contribution in [-0.4, -0.2) is 28.4 Å². The van der Waals surface area contributed by atoms with Gasteiger partial charge in [-0.1, -0.05) is 20.8 Å². The number of carbonyl (C=O) groups excluding carboxylic acids is 1. The Morgan fingerprint density at radius 1 is 1.04 bits per heavy atom. The van der Waals surface area contributed by atoms with Crippen molar-refractivity contribution in [3.05, 3.63) is 0 Å². The molecule has 4 aliphatic carbocycles. The van der Waals surface area contributed by atoms with E-state index in [9.17, 15) is 20.1 Å². The van der Waals surface area contributed by atoms with Crippen LogP contribution in [0.2, 0.25) is 0 Å². The molecule has 0 heterocycles. The Morgan fingerprint density at radius 2 is 1.71 bits per heavy atom. The van der Waals surface area contributed by atoms with Gasteiger partial charge in [-0.05, 0) is 111 Å². The molecule has 28 heavy (non-hydrogen) atoms. The lowest BCUT2D eigenvalue weighted by Crippen LogP contribution is -2.58. The number of carbonyl (C=O) groups is 1. The van der Waals surface area contributed by atoms with E-state index in [-0.39, 0.29) is 29.5 Å². The summed E-state index contributed by atoms with van der Waals surface area (Å²) in [5.41, 5.74) is 0.494. The SMILES string of the molecule is C[C@@H](CCC(=O)[O-])[C@H]1CC[C@H]2[C@@H]3[C@H](O)C[C@@H]4C[C@H](O)CC[C@]4(C)[C@H]3CC[C@]12C. The van der Waals surface area contributed by atoms with Crippen LogP contribution >= 0.6 is 0 Å². The van der Waals surface area contributed by atoms with Gasteiger partial charge in [0.25, 0.3) is 0 Å². The molecule has 0 saturated heterocycles. The predicted molar refractivity (Wildman–Crippen MR) is 106 cm³/mol. The monoisotopic (exact) mass is 391 g/mol. The molecule has 4 heteroatoms. The molecular weight excluding hydrogens is 352 g/mol. The normalized spacial score (nSPS) is 51.7. The average molecular weight is 392 g/mol. The number of aliphatic carboxylic acids is 1. The van der Waals surface area contributed by atoms with Gasteiger partial charge in [-0.15, -0.1) is 0 Å². The number of fused-ring (bicyclic) bond motifs is 5. The summed E-state index contributed by atoms with van der Waals surface area (Å²) in [6.07, 6.45) is 8.91. The second-order valence-electron chi connectivity index (χ2n) is 11.3. The molecule has 0 radical (unpaired) electrons. The van der Waals surface area contributed by atoms with Crippen molar-refractivity contribution in [1.82, 2.24) is 0 Å². The topological polar surface area (TPSA) is 80.6 Å². The summed E-state index contributed by atoms with van der Waals surface area (Å²) in [6, 6.07) is 0. The number of carboxylic acid groups (broad SMARTS) is 1. The minimum Gasteiger partial charge on any atom is -0.550 e. The first-order valence-corrected chi connectivity index (χ1v) is 11.7. The first-order valence-electron chi connectivity index (χ1n) is 11.7. The van der Waals surface area contributed by atoms with Crippen molar-refractivity contribution in [2.24, 2.45) is 46.3 Å². The Kier molecular flexibility index (Phi) is 5.36. The summed E-state index contributed by atoms with van der Waals surface area (Å²) >= 11 is 0. The van der Waals surface area contributed by atoms with Gasteiger partial charge in [-0.2, -0.15) is 0 Å². The fourth-order valence-corrected chi connectivity index (χ4v) is 8.72. The first kappa shape index (κ1) is 20.7. The molecule has 0 aromatic heterocycles. The summed E-state index contributed by atoms with van der Waals surface area (Å²) < 4.78 is 0. The maximum atomic E-state index is 11.2. The Bertz CT molecular complexity index is 605. The van der Waals surface area contributed by atoms with Crippen LogP contribution in [0.25, 0.3) is 0 Å². The second-order valence-corrected chi connectivity index (χ2v) is 11.3. The largest absolute Gasteiger partial charge is 0.550 e. The van der Waals surface area contributed by atoms with Gasteiger partial charge in [-0.25, -0.2) is 0 Å². The molecule has 10 atom stereocenters. The van der Waals surface area contributed by atoms with E-state index in [1.165, 1.54) is 25.7 Å². The fourth-order valence-electron chi connectivity index (χ4n) is 8.72. The number of rotatable bonds is 4. The third-order valence-corrected chi connectivity index (χ3v) is 10.2. The highest BCUT2D eigenvalue weighted by Crippen LogP contribution is 2.68. The van der Waals surface area contributed by atoms with Gasteiger partial charge in [0.15, 0.2) is 0 Å². The van der Waals surface area contributed by atoms with Crippen LogP contribution in [0.5, 0.6) is 0 Å². The zero-order valence-electron chi connectivity index (χ0n) is 17.9. The van der Waals surface area contributed by atoms with E-state index in [2.05, 4.69) is 20.8 Å². The standard InChI is InChI=1S/C24H40O4/c1-14(4-7-21(27)28)17-5-6-18-22-19(9-11-24(17,18)3)23(2)10-8-16(25)12-15(23)13-20(22)26/h14-20,22,25-26H,4-13H2,1-3H3,(H,27,28)/p-1/t14-,15-,16+,17+,18-,19-,20+,22-,23-,24+/m0/s1. The Morgan fingerprint density at radius 3 is 2.43 bits per heavy atom. The Labute approximate surface area is 170 Å². The number of aliphatic hydroxyl groups excluding tert-OH is 2. The van der Waals surface area contributed by atoms with Gasteiger partial charge >= 0.3 is 0 Å². The minimum absolute atomic E-state index is 0.162. The molecule has 0 unspecified atom stereocenters. The maximum Gasteiger partial charge on any atom is 0.0577 e. The molecule has 4 rings (SSSR count). The molecule has 0 spiro atoms. The average Bonchev–Trinajstić information content (AvgIpc) is 2.98. The zero-order chi connectivity index (χ0) is 20.3. The lowest BCUT2D eigenvalue weighted by atomic mass is 9.43. The highest BCUT2D eigenvalue weighted by Gasteiger charge is 2.62. The van der Waals surface area contributed by atoms with E-state index in [1.807, 2.05) is 0 Å². The predicted octanol–water partition coefficient (Wildman–Crippen LogP) is 3.14. The lowest BCUT2D eigenvalue weighted by molar-refractivity contribution is -0.306. The lowest BCUT2D eigenvalue weighted by Gasteiger charge is -2.62. The summed E-state index contributed by atoms with van der Waals surface area (Å²) in [7, 11) is 0. The third kappa shape index (κ3) is 3.14. The van der Waals surface area contributed by atoms with Crippen molar-refractivity contribution in [3.8, 4) is 0 Å². The maximum absolute atomic E-state index is 11.2. The Balaban J connectivity index is 1.55. The highest BCUT2D eigenvalue weighted by atomic mass is 16.4. The van der Waals surface area contributed by atoms with E-state index in [1.54, 1.807) is 0 Å². The molecule has 4 saturated carbocycles. The van der Waals surface area contributed by atoms with E-state index in [0.29, 0.717) is 41.9 Å². The molecule has 0 aromatic rings. The van der Waals surface area contributed by atoms with Crippen LogP contribution in [0.1, 0.15) is 85.0 Å². The van der Waals surface area contributed by atoms with Crippen LogP contribution in [0.4, 0.5) is 0 Å². The van der Waals surface area contributed by atoms with Crippen molar-refractivity contribution < 1.29 is 20.1 Å². The molecule has 0 amide bonds. The third-order valence-electron chi connectivity index (χ3n) is 10.2. The van der Waals surface area contributed by atoms with E-state index in [0.717, 1.165) is 25.7 Å². The van der Waals surface area contributed by atoms with Crippen molar-refractivity contribution in [2.75, 3.05) is 0 Å². The van der Waals surface area contributed by atoms with Crippen molar-refractivity contribution in [3.63, 3.8) is 0 Å². The van der Waals surface area contributed by atoms with Crippen molar-refractivity contribution in [2.45, 2.75) is 97.2 Å². The van der Waals surface area contributed by atoms with E-state index in [4.69, 9.17) is 0 Å². The number of hydrogen-bond acceptors (Lipinski definition) is 4. The number of aliphatic hydroxyl groups is 2. The zero-order valence-corrected chi connectivity index (χ0v) is 17.9. The first-order chi connectivity index (χ1) is 13.2. The molecule has 0 aromatic carbocycles. The number of carboxylic acids is 1. The minimum atomic E-state index is -0.934. The number of hydrogen-bond donors (Lipinski definition) is 2.